The van der Waals surface area contributed by atoms with Gasteiger partial charge in [-0.15, -0.1) is 0 Å². The van der Waals surface area contributed by atoms with E-state index in [1.54, 1.807) is 30.3 Å². The van der Waals surface area contributed by atoms with Gasteiger partial charge in [0.15, 0.2) is 11.5 Å². The molecule has 0 radical (unpaired) electrons. The Morgan fingerprint density at radius 1 is 0.806 bits per heavy atom. The first-order valence-corrected chi connectivity index (χ1v) is 11.2. The first-order chi connectivity index (χ1) is 17.5. The third-order valence-electron chi connectivity index (χ3n) is 6.18. The Morgan fingerprint density at radius 2 is 1.44 bits per heavy atom. The molecular formula is C28H24N2O6. The number of benzene rings is 3. The van der Waals surface area contributed by atoms with Crippen LogP contribution in [0.4, 0.5) is 0 Å². The van der Waals surface area contributed by atoms with E-state index in [-0.39, 0.29) is 11.3 Å². The minimum atomic E-state index is -0.666. The number of nitrogens with one attached hydrogen (secondary N) is 1. The summed E-state index contributed by atoms with van der Waals surface area (Å²) in [6.07, 6.45) is 0. The summed E-state index contributed by atoms with van der Waals surface area (Å²) in [5.74, 6) is 1.02. The quantitative estimate of drug-likeness (QED) is 0.343. The summed E-state index contributed by atoms with van der Waals surface area (Å²) in [6.45, 7) is 0. The standard InChI is InChI=1S/C28H24N2O6/c1-33-21-13-17(14-22(34-2)26(21)35-3)24-18-10-6-7-11-19(18)27(31)30(25(24)28(32)36-4)23-15-16-9-5-8-12-20(16)29-23/h5-15,29H,1-4H3. The number of carbonyl (C=O) groups is 1. The SMILES string of the molecule is COC(=O)c1c(-c2cc(OC)c(OC)c(OC)c2)c2ccccc2c(=O)n1-c1cc2ccccc2[nH]1. The van der Waals surface area contributed by atoms with Crippen molar-refractivity contribution in [2.75, 3.05) is 28.4 Å². The Hall–Kier alpha value is -4.72. The number of rotatable bonds is 6. The molecule has 0 saturated heterocycles. The number of esters is 1. The average molecular weight is 485 g/mol. The highest BCUT2D eigenvalue weighted by Crippen LogP contribution is 2.43. The van der Waals surface area contributed by atoms with E-state index < -0.39 is 5.97 Å². The smallest absolute Gasteiger partial charge is 0.355 e. The van der Waals surface area contributed by atoms with Crippen LogP contribution in [0.3, 0.4) is 0 Å². The second-order valence-electron chi connectivity index (χ2n) is 8.06. The number of aromatic nitrogens is 2. The van der Waals surface area contributed by atoms with Crippen LogP contribution in [0.1, 0.15) is 10.5 Å². The molecule has 2 aromatic heterocycles. The number of aromatic amines is 1. The number of nitrogens with zero attached hydrogens (tertiary/aromatic N) is 1. The summed E-state index contributed by atoms with van der Waals surface area (Å²) in [6, 6.07) is 20.1. The highest BCUT2D eigenvalue weighted by atomic mass is 16.5. The Labute approximate surface area is 206 Å². The summed E-state index contributed by atoms with van der Waals surface area (Å²) in [5.41, 5.74) is 1.63. The lowest BCUT2D eigenvalue weighted by molar-refractivity contribution is 0.0591. The van der Waals surface area contributed by atoms with Crippen LogP contribution in [0.5, 0.6) is 17.2 Å². The van der Waals surface area contributed by atoms with E-state index in [0.717, 1.165) is 10.9 Å². The molecular weight excluding hydrogens is 460 g/mol. The molecule has 0 aliphatic heterocycles. The molecule has 0 unspecified atom stereocenters. The molecule has 0 bridgehead atoms. The van der Waals surface area contributed by atoms with Crippen molar-refractivity contribution >= 4 is 27.6 Å². The number of hydrogen-bond donors (Lipinski definition) is 1. The van der Waals surface area contributed by atoms with E-state index in [9.17, 15) is 9.59 Å². The molecule has 8 heteroatoms. The lowest BCUT2D eigenvalue weighted by Crippen LogP contribution is -2.27. The number of para-hydroxylation sites is 1. The lowest BCUT2D eigenvalue weighted by atomic mass is 9.95. The van der Waals surface area contributed by atoms with E-state index in [1.165, 1.54) is 33.0 Å². The second kappa shape index (κ2) is 9.14. The van der Waals surface area contributed by atoms with E-state index in [1.807, 2.05) is 36.4 Å². The van der Waals surface area contributed by atoms with Crippen molar-refractivity contribution in [3.63, 3.8) is 0 Å². The number of carbonyl (C=O) groups excluding carboxylic acids is 1. The van der Waals surface area contributed by atoms with Crippen LogP contribution >= 0.6 is 0 Å². The van der Waals surface area contributed by atoms with E-state index in [2.05, 4.69) is 4.98 Å². The van der Waals surface area contributed by atoms with Crippen molar-refractivity contribution in [3.05, 3.63) is 82.8 Å². The molecule has 0 amide bonds. The number of ether oxygens (including phenoxy) is 4. The minimum Gasteiger partial charge on any atom is -0.493 e. The summed E-state index contributed by atoms with van der Waals surface area (Å²) < 4.78 is 23.2. The van der Waals surface area contributed by atoms with Gasteiger partial charge >= 0.3 is 5.97 Å². The zero-order chi connectivity index (χ0) is 25.4. The van der Waals surface area contributed by atoms with Gasteiger partial charge in [0.1, 0.15) is 11.5 Å². The van der Waals surface area contributed by atoms with Gasteiger partial charge in [-0.05, 0) is 41.3 Å². The van der Waals surface area contributed by atoms with Gasteiger partial charge in [-0.25, -0.2) is 4.79 Å². The Balaban J connectivity index is 1.97. The average Bonchev–Trinajstić information content (AvgIpc) is 3.35. The summed E-state index contributed by atoms with van der Waals surface area (Å²) >= 11 is 0. The molecule has 36 heavy (non-hydrogen) atoms. The molecule has 2 heterocycles. The normalized spacial score (nSPS) is 11.0. The molecule has 0 atom stereocenters. The first-order valence-electron chi connectivity index (χ1n) is 11.2. The lowest BCUT2D eigenvalue weighted by Gasteiger charge is -2.20. The van der Waals surface area contributed by atoms with Gasteiger partial charge in [-0.1, -0.05) is 36.4 Å². The largest absolute Gasteiger partial charge is 0.493 e. The zero-order valence-corrected chi connectivity index (χ0v) is 20.2. The fraction of sp³-hybridized carbons (Fsp3) is 0.143. The number of methoxy groups -OCH3 is 4. The van der Waals surface area contributed by atoms with Gasteiger partial charge in [0, 0.05) is 21.9 Å². The number of hydrogen-bond acceptors (Lipinski definition) is 6. The molecule has 5 aromatic rings. The topological polar surface area (TPSA) is 91.8 Å². The van der Waals surface area contributed by atoms with Gasteiger partial charge in [0.2, 0.25) is 5.75 Å². The van der Waals surface area contributed by atoms with Crippen LogP contribution < -0.4 is 19.8 Å². The molecule has 182 valence electrons. The van der Waals surface area contributed by atoms with Crippen LogP contribution in [0.25, 0.3) is 38.6 Å². The van der Waals surface area contributed by atoms with Gasteiger partial charge in [-0.2, -0.15) is 0 Å². The van der Waals surface area contributed by atoms with Crippen LogP contribution in [0.2, 0.25) is 0 Å². The fourth-order valence-electron chi connectivity index (χ4n) is 4.57. The maximum Gasteiger partial charge on any atom is 0.355 e. The summed E-state index contributed by atoms with van der Waals surface area (Å²) in [5, 5.41) is 1.93. The molecule has 5 rings (SSSR count). The molecule has 8 nitrogen and oxygen atoms in total. The predicted octanol–water partition coefficient (Wildman–Crippen LogP) is 4.95. The molecule has 1 N–H and O–H groups in total. The van der Waals surface area contributed by atoms with Crippen molar-refractivity contribution in [1.29, 1.82) is 0 Å². The molecule has 0 aliphatic rings. The summed E-state index contributed by atoms with van der Waals surface area (Å²) in [4.78, 5) is 30.5. The van der Waals surface area contributed by atoms with Crippen LogP contribution in [-0.4, -0.2) is 44.0 Å². The first kappa shape index (κ1) is 23.0. The van der Waals surface area contributed by atoms with Crippen LogP contribution in [0, 0.1) is 0 Å². The van der Waals surface area contributed by atoms with Gasteiger partial charge in [0.25, 0.3) is 5.56 Å². The zero-order valence-electron chi connectivity index (χ0n) is 20.2. The summed E-state index contributed by atoms with van der Waals surface area (Å²) in [7, 11) is 5.85. The van der Waals surface area contributed by atoms with Crippen molar-refractivity contribution in [2.24, 2.45) is 0 Å². The Kier molecular flexibility index (Phi) is 5.85. The third-order valence-corrected chi connectivity index (χ3v) is 6.18. The molecule has 3 aromatic carbocycles. The number of H-pyrrole nitrogens is 1. The third kappa shape index (κ3) is 3.54. The van der Waals surface area contributed by atoms with E-state index >= 15 is 0 Å². The maximum absolute atomic E-state index is 13.8. The van der Waals surface area contributed by atoms with Crippen molar-refractivity contribution in [2.45, 2.75) is 0 Å². The van der Waals surface area contributed by atoms with Crippen LogP contribution in [0.15, 0.2) is 71.5 Å². The molecule has 0 saturated carbocycles. The number of pyridine rings is 1. The molecule has 0 aliphatic carbocycles. The van der Waals surface area contributed by atoms with Gasteiger partial charge in [0.05, 0.1) is 28.4 Å². The van der Waals surface area contributed by atoms with E-state index in [4.69, 9.17) is 18.9 Å². The maximum atomic E-state index is 13.8. The van der Waals surface area contributed by atoms with Crippen molar-refractivity contribution in [1.82, 2.24) is 9.55 Å². The molecule has 0 fully saturated rings. The minimum absolute atomic E-state index is 0.0713. The van der Waals surface area contributed by atoms with Crippen molar-refractivity contribution in [3.8, 4) is 34.2 Å². The Morgan fingerprint density at radius 3 is 2.06 bits per heavy atom. The predicted molar refractivity (Wildman–Crippen MR) is 138 cm³/mol. The Bertz CT molecular complexity index is 1620. The highest BCUT2D eigenvalue weighted by molar-refractivity contribution is 6.07. The van der Waals surface area contributed by atoms with Gasteiger partial charge < -0.3 is 23.9 Å². The van der Waals surface area contributed by atoms with Crippen molar-refractivity contribution < 1.29 is 23.7 Å². The highest BCUT2D eigenvalue weighted by Gasteiger charge is 2.27. The van der Waals surface area contributed by atoms with Crippen LogP contribution in [-0.2, 0) is 4.74 Å². The molecule has 0 spiro atoms. The van der Waals surface area contributed by atoms with Gasteiger partial charge in [-0.3, -0.25) is 9.36 Å². The van der Waals surface area contributed by atoms with E-state index in [0.29, 0.717) is 45.0 Å². The number of fused-ring (bicyclic) bond motifs is 2. The monoisotopic (exact) mass is 484 g/mol. The fourth-order valence-corrected chi connectivity index (χ4v) is 4.57. The second-order valence-corrected chi connectivity index (χ2v) is 8.06.